The SMILES string of the molecule is CCN1C(=O)CCc2cc(NC(=O)c3ccc(C)c(C)c3)ccc21. The van der Waals surface area contributed by atoms with Gasteiger partial charge in [0, 0.05) is 29.9 Å². The first-order valence-corrected chi connectivity index (χ1v) is 8.31. The van der Waals surface area contributed by atoms with Gasteiger partial charge in [-0.25, -0.2) is 0 Å². The summed E-state index contributed by atoms with van der Waals surface area (Å²) in [7, 11) is 0. The predicted molar refractivity (Wildman–Crippen MR) is 96.7 cm³/mol. The van der Waals surface area contributed by atoms with Crippen molar-refractivity contribution in [2.75, 3.05) is 16.8 Å². The summed E-state index contributed by atoms with van der Waals surface area (Å²) in [5.41, 5.74) is 5.76. The third kappa shape index (κ3) is 3.04. The van der Waals surface area contributed by atoms with Crippen molar-refractivity contribution in [3.63, 3.8) is 0 Å². The van der Waals surface area contributed by atoms with E-state index >= 15 is 0 Å². The van der Waals surface area contributed by atoms with Gasteiger partial charge in [0.2, 0.25) is 5.91 Å². The molecule has 0 fully saturated rings. The highest BCUT2D eigenvalue weighted by Crippen LogP contribution is 2.30. The summed E-state index contributed by atoms with van der Waals surface area (Å²) < 4.78 is 0. The minimum absolute atomic E-state index is 0.114. The van der Waals surface area contributed by atoms with Gasteiger partial charge in [0.15, 0.2) is 0 Å². The van der Waals surface area contributed by atoms with Crippen molar-refractivity contribution in [1.82, 2.24) is 0 Å². The molecule has 0 unspecified atom stereocenters. The number of carbonyl (C=O) groups excluding carboxylic acids is 2. The summed E-state index contributed by atoms with van der Waals surface area (Å²) in [6, 6.07) is 11.5. The van der Waals surface area contributed by atoms with Crippen LogP contribution in [0.25, 0.3) is 0 Å². The molecule has 0 aliphatic carbocycles. The van der Waals surface area contributed by atoms with E-state index in [2.05, 4.69) is 5.32 Å². The topological polar surface area (TPSA) is 49.4 Å². The number of fused-ring (bicyclic) bond motifs is 1. The number of nitrogens with one attached hydrogen (secondary N) is 1. The number of aryl methyl sites for hydroxylation is 3. The average Bonchev–Trinajstić information content (AvgIpc) is 2.57. The molecule has 3 rings (SSSR count). The van der Waals surface area contributed by atoms with Gasteiger partial charge in [0.1, 0.15) is 0 Å². The molecule has 124 valence electrons. The van der Waals surface area contributed by atoms with Crippen LogP contribution in [0.5, 0.6) is 0 Å². The van der Waals surface area contributed by atoms with Crippen molar-refractivity contribution in [3.8, 4) is 0 Å². The fraction of sp³-hybridized carbons (Fsp3) is 0.300. The first-order chi connectivity index (χ1) is 11.5. The fourth-order valence-electron chi connectivity index (χ4n) is 3.07. The van der Waals surface area contributed by atoms with Crippen molar-refractivity contribution in [3.05, 3.63) is 58.7 Å². The number of hydrogen-bond donors (Lipinski definition) is 1. The molecule has 0 saturated heterocycles. The summed E-state index contributed by atoms with van der Waals surface area (Å²) in [6.07, 6.45) is 1.24. The van der Waals surface area contributed by atoms with E-state index in [1.807, 2.05) is 57.2 Å². The predicted octanol–water partition coefficient (Wildman–Crippen LogP) is 3.85. The van der Waals surface area contributed by atoms with Crippen LogP contribution in [0.15, 0.2) is 36.4 Å². The van der Waals surface area contributed by atoms with E-state index in [1.54, 1.807) is 4.90 Å². The number of benzene rings is 2. The van der Waals surface area contributed by atoms with Gasteiger partial charge in [0.05, 0.1) is 0 Å². The Balaban J connectivity index is 1.82. The van der Waals surface area contributed by atoms with Gasteiger partial charge in [-0.15, -0.1) is 0 Å². The first-order valence-electron chi connectivity index (χ1n) is 8.31. The van der Waals surface area contributed by atoms with Crippen molar-refractivity contribution in [2.24, 2.45) is 0 Å². The van der Waals surface area contributed by atoms with Crippen LogP contribution in [0.2, 0.25) is 0 Å². The molecule has 0 atom stereocenters. The Morgan fingerprint density at radius 1 is 1.08 bits per heavy atom. The molecule has 0 radical (unpaired) electrons. The Morgan fingerprint density at radius 2 is 1.88 bits per heavy atom. The maximum Gasteiger partial charge on any atom is 0.255 e. The smallest absolute Gasteiger partial charge is 0.255 e. The summed E-state index contributed by atoms with van der Waals surface area (Å²) in [5.74, 6) is 0.0502. The maximum atomic E-state index is 12.4. The Bertz CT molecular complexity index is 811. The lowest BCUT2D eigenvalue weighted by Crippen LogP contribution is -2.34. The minimum atomic E-state index is -0.114. The molecule has 24 heavy (non-hydrogen) atoms. The second kappa shape index (κ2) is 6.48. The van der Waals surface area contributed by atoms with Crippen LogP contribution in [0.4, 0.5) is 11.4 Å². The normalized spacial score (nSPS) is 13.6. The monoisotopic (exact) mass is 322 g/mol. The van der Waals surface area contributed by atoms with E-state index in [0.29, 0.717) is 18.5 Å². The molecule has 1 aliphatic heterocycles. The molecule has 2 aromatic rings. The van der Waals surface area contributed by atoms with Crippen LogP contribution < -0.4 is 10.2 Å². The van der Waals surface area contributed by atoms with Crippen LogP contribution >= 0.6 is 0 Å². The van der Waals surface area contributed by atoms with Gasteiger partial charge in [-0.1, -0.05) is 6.07 Å². The fourth-order valence-corrected chi connectivity index (χ4v) is 3.07. The van der Waals surface area contributed by atoms with Crippen molar-refractivity contribution in [2.45, 2.75) is 33.6 Å². The van der Waals surface area contributed by atoms with Gasteiger partial charge in [0.25, 0.3) is 5.91 Å². The van der Waals surface area contributed by atoms with Gasteiger partial charge in [-0.3, -0.25) is 9.59 Å². The lowest BCUT2D eigenvalue weighted by atomic mass is 10.00. The third-order valence-corrected chi connectivity index (χ3v) is 4.62. The summed E-state index contributed by atoms with van der Waals surface area (Å²) in [4.78, 5) is 26.2. The first kappa shape index (κ1) is 16.2. The van der Waals surface area contributed by atoms with Gasteiger partial charge >= 0.3 is 0 Å². The Morgan fingerprint density at radius 3 is 2.58 bits per heavy atom. The molecule has 2 aromatic carbocycles. The molecular formula is C20H22N2O2. The standard InChI is InChI=1S/C20H22N2O2/c1-4-22-18-9-8-17(12-15(18)7-10-19(22)23)21-20(24)16-6-5-13(2)14(3)11-16/h5-6,8-9,11-12H,4,7,10H2,1-3H3,(H,21,24). The molecule has 4 nitrogen and oxygen atoms in total. The summed E-state index contributed by atoms with van der Waals surface area (Å²) in [5, 5.41) is 2.96. The van der Waals surface area contributed by atoms with Gasteiger partial charge in [-0.05, 0) is 74.2 Å². The number of amides is 2. The molecule has 1 N–H and O–H groups in total. The second-order valence-electron chi connectivity index (χ2n) is 6.23. The molecule has 0 aromatic heterocycles. The van der Waals surface area contributed by atoms with Crippen molar-refractivity contribution >= 4 is 23.2 Å². The van der Waals surface area contributed by atoms with Crippen LogP contribution in [0.3, 0.4) is 0 Å². The van der Waals surface area contributed by atoms with E-state index < -0.39 is 0 Å². The third-order valence-electron chi connectivity index (χ3n) is 4.62. The van der Waals surface area contributed by atoms with E-state index in [0.717, 1.165) is 28.9 Å². The lowest BCUT2D eigenvalue weighted by molar-refractivity contribution is -0.118. The second-order valence-corrected chi connectivity index (χ2v) is 6.23. The number of hydrogen-bond acceptors (Lipinski definition) is 2. The molecule has 1 aliphatic rings. The molecule has 0 spiro atoms. The molecule has 0 saturated carbocycles. The van der Waals surface area contributed by atoms with Crippen LogP contribution in [0, 0.1) is 13.8 Å². The average molecular weight is 322 g/mol. The van der Waals surface area contributed by atoms with Gasteiger partial charge in [-0.2, -0.15) is 0 Å². The largest absolute Gasteiger partial charge is 0.322 e. The van der Waals surface area contributed by atoms with Crippen LogP contribution in [-0.4, -0.2) is 18.4 Å². The van der Waals surface area contributed by atoms with Crippen molar-refractivity contribution in [1.29, 1.82) is 0 Å². The Kier molecular flexibility index (Phi) is 4.38. The minimum Gasteiger partial charge on any atom is -0.322 e. The number of anilines is 2. The van der Waals surface area contributed by atoms with E-state index in [4.69, 9.17) is 0 Å². The van der Waals surface area contributed by atoms with Crippen LogP contribution in [-0.2, 0) is 11.2 Å². The van der Waals surface area contributed by atoms with Crippen LogP contribution in [0.1, 0.15) is 40.4 Å². The molecule has 1 heterocycles. The zero-order valence-corrected chi connectivity index (χ0v) is 14.3. The quantitative estimate of drug-likeness (QED) is 0.933. The Labute approximate surface area is 142 Å². The lowest BCUT2D eigenvalue weighted by Gasteiger charge is -2.28. The molecule has 2 amide bonds. The summed E-state index contributed by atoms with van der Waals surface area (Å²) >= 11 is 0. The highest BCUT2D eigenvalue weighted by atomic mass is 16.2. The zero-order valence-electron chi connectivity index (χ0n) is 14.3. The highest BCUT2D eigenvalue weighted by molar-refractivity contribution is 6.05. The van der Waals surface area contributed by atoms with E-state index in [-0.39, 0.29) is 11.8 Å². The highest BCUT2D eigenvalue weighted by Gasteiger charge is 2.23. The molecule has 4 heteroatoms. The van der Waals surface area contributed by atoms with Gasteiger partial charge < -0.3 is 10.2 Å². The molecule has 0 bridgehead atoms. The van der Waals surface area contributed by atoms with Crippen molar-refractivity contribution < 1.29 is 9.59 Å². The maximum absolute atomic E-state index is 12.4. The number of nitrogens with zero attached hydrogens (tertiary/aromatic N) is 1. The number of carbonyl (C=O) groups is 2. The summed E-state index contributed by atoms with van der Waals surface area (Å²) in [6.45, 7) is 6.67. The van der Waals surface area contributed by atoms with E-state index in [9.17, 15) is 9.59 Å². The zero-order chi connectivity index (χ0) is 17.3. The molecular weight excluding hydrogens is 300 g/mol. The number of rotatable bonds is 3. The van der Waals surface area contributed by atoms with E-state index in [1.165, 1.54) is 5.56 Å². The Hall–Kier alpha value is -2.62.